The molecule has 2 amide bonds. The van der Waals surface area contributed by atoms with E-state index in [9.17, 15) is 14.4 Å². The lowest BCUT2D eigenvalue weighted by Crippen LogP contribution is -2.41. The topological polar surface area (TPSA) is 145 Å². The van der Waals surface area contributed by atoms with Crippen LogP contribution < -0.4 is 35.6 Å². The van der Waals surface area contributed by atoms with Gasteiger partial charge in [0.25, 0.3) is 0 Å². The molecule has 12 nitrogen and oxygen atoms in total. The number of ether oxygens (including phenoxy) is 3. The molecule has 248 valence electrons. The van der Waals surface area contributed by atoms with Gasteiger partial charge in [-0.3, -0.25) is 18.8 Å². The highest BCUT2D eigenvalue weighted by Crippen LogP contribution is 2.50. The average molecular weight is 643 g/mol. The average Bonchev–Trinajstić information content (AvgIpc) is 3.34. The van der Waals surface area contributed by atoms with Gasteiger partial charge in [0, 0.05) is 18.7 Å². The van der Waals surface area contributed by atoms with E-state index in [2.05, 4.69) is 40.0 Å². The van der Waals surface area contributed by atoms with E-state index in [4.69, 9.17) is 14.2 Å². The van der Waals surface area contributed by atoms with E-state index in [1.807, 2.05) is 40.9 Å². The maximum absolute atomic E-state index is 13.8. The van der Waals surface area contributed by atoms with Crippen LogP contribution in [-0.2, 0) is 16.0 Å². The Morgan fingerprint density at radius 1 is 1.00 bits per heavy atom. The fraction of sp³-hybridized carbons (Fsp3) is 0.400. The third kappa shape index (κ3) is 6.86. The summed E-state index contributed by atoms with van der Waals surface area (Å²) in [7, 11) is 4.65. The summed E-state index contributed by atoms with van der Waals surface area (Å²) in [5, 5.41) is 17.9. The molecular formula is C35H42N6O6. The van der Waals surface area contributed by atoms with Crippen LogP contribution in [0.25, 0.3) is 16.8 Å². The standard InChI is InChI=1S/C35H42N6O6/c1-19(2)16-27(34-40-39-30-10-8-9-15-41(30)34)38-35(44)20(3)36-26-14-12-23-24(18-28(26)43)25(37-21(4)42)13-11-22-17-29(45-5)32(46-6)33(47-7)31(22)23/h8-10,12,14-15,17-20,25,27H,11,13,16H2,1-7H3,(H,36,43)(H,37,42)(H,38,44)/t20-,25+,27-/m1/s1. The Hall–Kier alpha value is -5.13. The van der Waals surface area contributed by atoms with Gasteiger partial charge in [0.2, 0.25) is 23.0 Å². The van der Waals surface area contributed by atoms with Gasteiger partial charge >= 0.3 is 0 Å². The summed E-state index contributed by atoms with van der Waals surface area (Å²) >= 11 is 0. The minimum atomic E-state index is -0.768. The predicted octanol–water partition coefficient (Wildman–Crippen LogP) is 4.61. The minimum Gasteiger partial charge on any atom is -0.493 e. The van der Waals surface area contributed by atoms with Gasteiger partial charge in [-0.15, -0.1) is 10.2 Å². The number of pyridine rings is 1. The highest BCUT2D eigenvalue weighted by molar-refractivity contribution is 5.86. The fourth-order valence-corrected chi connectivity index (χ4v) is 6.22. The number of aryl methyl sites for hydroxylation is 1. The second-order valence-electron chi connectivity index (χ2n) is 12.1. The van der Waals surface area contributed by atoms with Gasteiger partial charge < -0.3 is 30.2 Å². The first-order valence-electron chi connectivity index (χ1n) is 15.7. The van der Waals surface area contributed by atoms with Crippen LogP contribution in [0.5, 0.6) is 17.2 Å². The van der Waals surface area contributed by atoms with Crippen molar-refractivity contribution in [2.45, 2.75) is 65.1 Å². The first-order chi connectivity index (χ1) is 22.6. The van der Waals surface area contributed by atoms with E-state index in [0.717, 1.165) is 11.1 Å². The van der Waals surface area contributed by atoms with Gasteiger partial charge in [-0.1, -0.05) is 26.0 Å². The summed E-state index contributed by atoms with van der Waals surface area (Å²) in [6.07, 6.45) is 3.65. The molecule has 2 aromatic heterocycles. The van der Waals surface area contributed by atoms with Crippen molar-refractivity contribution in [2.24, 2.45) is 5.92 Å². The van der Waals surface area contributed by atoms with E-state index in [1.165, 1.54) is 20.1 Å². The second-order valence-corrected chi connectivity index (χ2v) is 12.1. The molecule has 0 aliphatic heterocycles. The molecular weight excluding hydrogens is 600 g/mol. The number of carbonyl (C=O) groups is 2. The molecule has 3 N–H and O–H groups in total. The Morgan fingerprint density at radius 3 is 2.45 bits per heavy atom. The van der Waals surface area contributed by atoms with E-state index >= 15 is 0 Å². The van der Waals surface area contributed by atoms with Gasteiger partial charge in [0.15, 0.2) is 23.0 Å². The van der Waals surface area contributed by atoms with Crippen LogP contribution in [0, 0.1) is 5.92 Å². The molecule has 0 saturated carbocycles. The van der Waals surface area contributed by atoms with Crippen molar-refractivity contribution in [3.05, 3.63) is 75.8 Å². The molecule has 0 fully saturated rings. The predicted molar refractivity (Wildman–Crippen MR) is 179 cm³/mol. The van der Waals surface area contributed by atoms with Crippen LogP contribution in [0.3, 0.4) is 0 Å². The smallest absolute Gasteiger partial charge is 0.242 e. The Balaban J connectivity index is 1.52. The van der Waals surface area contributed by atoms with Crippen LogP contribution >= 0.6 is 0 Å². The van der Waals surface area contributed by atoms with Crippen LogP contribution in [0.4, 0.5) is 5.69 Å². The Bertz CT molecular complexity index is 1850. The van der Waals surface area contributed by atoms with Crippen molar-refractivity contribution in [3.63, 3.8) is 0 Å². The third-order valence-corrected chi connectivity index (χ3v) is 8.36. The minimum absolute atomic E-state index is 0.215. The first-order valence-corrected chi connectivity index (χ1v) is 15.7. The Kier molecular flexibility index (Phi) is 9.97. The summed E-state index contributed by atoms with van der Waals surface area (Å²) in [6, 6.07) is 10.9. The SMILES string of the molecule is COc1cc2c(c(OC)c1OC)-c1ccc(N[C@H](C)C(=O)N[C@H](CC(C)C)c3nnc4ccccn34)c(=O)cc1[C@@H](NC(C)=O)CC2. The van der Waals surface area contributed by atoms with Crippen molar-refractivity contribution in [2.75, 3.05) is 26.6 Å². The van der Waals surface area contributed by atoms with Crippen LogP contribution in [0.1, 0.15) is 69.6 Å². The van der Waals surface area contributed by atoms with Crippen molar-refractivity contribution in [1.29, 1.82) is 0 Å². The number of benzene rings is 1. The second kappa shape index (κ2) is 14.1. The van der Waals surface area contributed by atoms with Crippen LogP contribution in [0.2, 0.25) is 0 Å². The lowest BCUT2D eigenvalue weighted by Gasteiger charge is -2.22. The molecule has 4 aromatic rings. The van der Waals surface area contributed by atoms with Gasteiger partial charge in [-0.25, -0.2) is 0 Å². The number of methoxy groups -OCH3 is 3. The van der Waals surface area contributed by atoms with E-state index < -0.39 is 18.1 Å². The number of carbonyl (C=O) groups excluding carboxylic acids is 2. The van der Waals surface area contributed by atoms with Crippen LogP contribution in [-0.4, -0.2) is 53.8 Å². The number of fused-ring (bicyclic) bond motifs is 4. The third-order valence-electron chi connectivity index (χ3n) is 8.36. The lowest BCUT2D eigenvalue weighted by molar-refractivity contribution is -0.122. The lowest BCUT2D eigenvalue weighted by atomic mass is 9.95. The molecule has 12 heteroatoms. The molecule has 0 bridgehead atoms. The zero-order valence-electron chi connectivity index (χ0n) is 27.8. The zero-order chi connectivity index (χ0) is 33.8. The number of nitrogens with zero attached hydrogens (tertiary/aromatic N) is 3. The number of rotatable bonds is 11. The zero-order valence-corrected chi connectivity index (χ0v) is 27.8. The highest BCUT2D eigenvalue weighted by Gasteiger charge is 2.30. The Labute approximate surface area is 273 Å². The normalized spacial score (nSPS) is 15.1. The van der Waals surface area contributed by atoms with Crippen molar-refractivity contribution >= 4 is 23.1 Å². The van der Waals surface area contributed by atoms with Gasteiger partial charge in [0.1, 0.15) is 6.04 Å². The maximum Gasteiger partial charge on any atom is 0.242 e. The van der Waals surface area contributed by atoms with Crippen LogP contribution in [0.15, 0.2) is 53.5 Å². The molecule has 1 aliphatic carbocycles. The summed E-state index contributed by atoms with van der Waals surface area (Å²) < 4.78 is 19.0. The van der Waals surface area contributed by atoms with Gasteiger partial charge in [0.05, 0.1) is 39.1 Å². The number of nitrogens with one attached hydrogen (secondary N) is 3. The number of hydrogen-bond donors (Lipinski definition) is 3. The first kappa shape index (κ1) is 33.2. The molecule has 0 saturated heterocycles. The largest absolute Gasteiger partial charge is 0.493 e. The number of hydrogen-bond acceptors (Lipinski definition) is 9. The quantitative estimate of drug-likeness (QED) is 0.214. The monoisotopic (exact) mass is 642 g/mol. The Morgan fingerprint density at radius 2 is 1.77 bits per heavy atom. The molecule has 0 spiro atoms. The summed E-state index contributed by atoms with van der Waals surface area (Å²) in [6.45, 7) is 7.31. The summed E-state index contributed by atoms with van der Waals surface area (Å²) in [5.41, 5.74) is 3.60. The van der Waals surface area contributed by atoms with Crippen molar-refractivity contribution in [1.82, 2.24) is 25.2 Å². The van der Waals surface area contributed by atoms with E-state index in [0.29, 0.717) is 59.1 Å². The number of anilines is 1. The molecule has 0 radical (unpaired) electrons. The van der Waals surface area contributed by atoms with Crippen molar-refractivity contribution in [3.8, 4) is 28.4 Å². The van der Waals surface area contributed by atoms with Gasteiger partial charge in [-0.05, 0) is 79.1 Å². The molecule has 2 aromatic carbocycles. The molecule has 0 unspecified atom stereocenters. The molecule has 47 heavy (non-hydrogen) atoms. The number of aromatic nitrogens is 3. The molecule has 1 aliphatic rings. The highest BCUT2D eigenvalue weighted by atomic mass is 16.5. The molecule has 5 rings (SSSR count). The van der Waals surface area contributed by atoms with E-state index in [-0.39, 0.29) is 28.8 Å². The summed E-state index contributed by atoms with van der Waals surface area (Å²) in [5.74, 6) is 1.80. The van der Waals surface area contributed by atoms with E-state index in [1.54, 1.807) is 27.2 Å². The van der Waals surface area contributed by atoms with Crippen molar-refractivity contribution < 1.29 is 23.8 Å². The summed E-state index contributed by atoms with van der Waals surface area (Å²) in [4.78, 5) is 39.6. The fourth-order valence-electron chi connectivity index (χ4n) is 6.22. The number of amides is 2. The van der Waals surface area contributed by atoms with Gasteiger partial charge in [-0.2, -0.15) is 0 Å². The molecule has 3 atom stereocenters. The maximum atomic E-state index is 13.8. The molecule has 2 heterocycles.